The van der Waals surface area contributed by atoms with Gasteiger partial charge in [0.05, 0.1) is 0 Å². The molecule has 4 nitrogen and oxygen atoms in total. The molecule has 1 rings (SSSR count). The van der Waals surface area contributed by atoms with Gasteiger partial charge in [-0.25, -0.2) is 0 Å². The van der Waals surface area contributed by atoms with Crippen molar-refractivity contribution in [1.29, 1.82) is 0 Å². The number of nitrogens with one attached hydrogen (secondary N) is 1. The van der Waals surface area contributed by atoms with Crippen LogP contribution in [0.4, 0.5) is 0 Å². The molecule has 0 spiro atoms. The second-order valence-corrected chi connectivity index (χ2v) is 3.81. The summed E-state index contributed by atoms with van der Waals surface area (Å²) < 4.78 is 14.9. The molecule has 0 aromatic rings. The van der Waals surface area contributed by atoms with E-state index < -0.39 is 8.25 Å². The molecular formula is C7H15NO3P+. The lowest BCUT2D eigenvalue weighted by atomic mass is 10.0. The Kier molecular flexibility index (Phi) is 4.69. The van der Waals surface area contributed by atoms with E-state index in [0.29, 0.717) is 12.5 Å². The summed E-state index contributed by atoms with van der Waals surface area (Å²) in [5.41, 5.74) is 0. The van der Waals surface area contributed by atoms with Crippen LogP contribution in [0.5, 0.6) is 0 Å². The van der Waals surface area contributed by atoms with Gasteiger partial charge < -0.3 is 5.32 Å². The van der Waals surface area contributed by atoms with E-state index in [4.69, 9.17) is 4.89 Å². The Bertz CT molecular complexity index is 146. The molecule has 1 fully saturated rings. The molecule has 2 unspecified atom stereocenters. The largest absolute Gasteiger partial charge is 0.694 e. The molecule has 1 aliphatic rings. The zero-order valence-electron chi connectivity index (χ0n) is 7.03. The van der Waals surface area contributed by atoms with Gasteiger partial charge in [0.2, 0.25) is 0 Å². The van der Waals surface area contributed by atoms with E-state index in [1.54, 1.807) is 0 Å². The Hall–Kier alpha value is -0.0200. The summed E-state index contributed by atoms with van der Waals surface area (Å²) in [4.78, 5) is 8.42. The fourth-order valence-electron chi connectivity index (χ4n) is 1.43. The number of hydrogen-bond donors (Lipinski definition) is 2. The predicted octanol–water partition coefficient (Wildman–Crippen LogP) is 1.04. The molecule has 2 atom stereocenters. The second-order valence-electron chi connectivity index (χ2n) is 3.08. The van der Waals surface area contributed by atoms with E-state index in [1.807, 2.05) is 0 Å². The maximum Gasteiger partial charge on any atom is 0.694 e. The van der Waals surface area contributed by atoms with Crippen molar-refractivity contribution in [2.75, 3.05) is 19.7 Å². The van der Waals surface area contributed by atoms with Crippen LogP contribution in [0.15, 0.2) is 0 Å². The Morgan fingerprint density at radius 1 is 1.50 bits per heavy atom. The van der Waals surface area contributed by atoms with Crippen LogP contribution >= 0.6 is 8.25 Å². The molecule has 0 amide bonds. The van der Waals surface area contributed by atoms with Crippen LogP contribution < -0.4 is 5.32 Å². The van der Waals surface area contributed by atoms with Gasteiger partial charge >= 0.3 is 8.25 Å². The quantitative estimate of drug-likeness (QED) is 0.656. The zero-order chi connectivity index (χ0) is 8.81. The molecule has 0 bridgehead atoms. The van der Waals surface area contributed by atoms with Gasteiger partial charge in [-0.15, -0.1) is 9.42 Å². The van der Waals surface area contributed by atoms with Crippen LogP contribution in [-0.4, -0.2) is 24.6 Å². The van der Waals surface area contributed by atoms with E-state index in [9.17, 15) is 4.57 Å². The van der Waals surface area contributed by atoms with Crippen molar-refractivity contribution in [1.82, 2.24) is 5.32 Å². The molecule has 0 aliphatic carbocycles. The monoisotopic (exact) mass is 192 g/mol. The standard InChI is InChI=1S/C7H14NO3P/c9-12(10)11-6-7-2-1-4-8-5-3-7/h7-8H,1-6H2/p+1. The van der Waals surface area contributed by atoms with Crippen LogP contribution in [0.1, 0.15) is 19.3 Å². The Balaban J connectivity index is 2.16. The van der Waals surface area contributed by atoms with E-state index in [2.05, 4.69) is 9.84 Å². The number of hydrogen-bond acceptors (Lipinski definition) is 3. The SMILES string of the molecule is O=[P+](O)OCC1CCCNCC1. The van der Waals surface area contributed by atoms with Gasteiger partial charge in [0.1, 0.15) is 6.61 Å². The van der Waals surface area contributed by atoms with Crippen molar-refractivity contribution < 1.29 is 14.0 Å². The maximum absolute atomic E-state index is 10.2. The molecule has 1 aliphatic heterocycles. The van der Waals surface area contributed by atoms with Crippen molar-refractivity contribution >= 4 is 8.25 Å². The van der Waals surface area contributed by atoms with Crippen molar-refractivity contribution in [2.45, 2.75) is 19.3 Å². The lowest BCUT2D eigenvalue weighted by molar-refractivity contribution is 0.221. The Labute approximate surface area is 73.3 Å². The molecule has 0 aromatic carbocycles. The van der Waals surface area contributed by atoms with E-state index in [1.165, 1.54) is 0 Å². The molecular weight excluding hydrogens is 177 g/mol. The summed E-state index contributed by atoms with van der Waals surface area (Å²) in [6, 6.07) is 0. The zero-order valence-corrected chi connectivity index (χ0v) is 7.93. The summed E-state index contributed by atoms with van der Waals surface area (Å²) in [6.45, 7) is 2.48. The Morgan fingerprint density at radius 3 is 3.08 bits per heavy atom. The minimum Gasteiger partial charge on any atom is -0.317 e. The molecule has 0 aromatic heterocycles. The van der Waals surface area contributed by atoms with Gasteiger partial charge in [0.25, 0.3) is 0 Å². The molecule has 1 heterocycles. The first-order valence-electron chi connectivity index (χ1n) is 4.29. The first-order chi connectivity index (χ1) is 5.79. The van der Waals surface area contributed by atoms with Crippen LogP contribution in [-0.2, 0) is 9.09 Å². The first kappa shape index (κ1) is 10.1. The van der Waals surface area contributed by atoms with Gasteiger partial charge in [-0.3, -0.25) is 0 Å². The summed E-state index contributed by atoms with van der Waals surface area (Å²) in [6.07, 6.45) is 3.27. The molecule has 0 radical (unpaired) electrons. The summed E-state index contributed by atoms with van der Waals surface area (Å²) in [7, 11) is -2.40. The third kappa shape index (κ3) is 4.12. The summed E-state index contributed by atoms with van der Waals surface area (Å²) in [5.74, 6) is 0.450. The minimum atomic E-state index is -2.40. The molecule has 12 heavy (non-hydrogen) atoms. The van der Waals surface area contributed by atoms with Crippen LogP contribution in [0.3, 0.4) is 0 Å². The molecule has 0 saturated carbocycles. The summed E-state index contributed by atoms with van der Waals surface area (Å²) >= 11 is 0. The van der Waals surface area contributed by atoms with Crippen LogP contribution in [0.25, 0.3) is 0 Å². The smallest absolute Gasteiger partial charge is 0.317 e. The Morgan fingerprint density at radius 2 is 2.33 bits per heavy atom. The first-order valence-corrected chi connectivity index (χ1v) is 5.42. The lowest BCUT2D eigenvalue weighted by Crippen LogP contribution is -2.15. The van der Waals surface area contributed by atoms with Gasteiger partial charge in [-0.05, 0) is 38.3 Å². The normalized spacial score (nSPS) is 26.4. The highest BCUT2D eigenvalue weighted by atomic mass is 31.1. The summed E-state index contributed by atoms with van der Waals surface area (Å²) in [5, 5.41) is 3.27. The van der Waals surface area contributed by atoms with Crippen LogP contribution in [0, 0.1) is 5.92 Å². The van der Waals surface area contributed by atoms with Gasteiger partial charge in [-0.2, -0.15) is 0 Å². The fourth-order valence-corrected chi connectivity index (χ4v) is 1.77. The fraction of sp³-hybridized carbons (Fsp3) is 1.00. The van der Waals surface area contributed by atoms with Gasteiger partial charge in [0.15, 0.2) is 0 Å². The minimum absolute atomic E-state index is 0.424. The topological polar surface area (TPSA) is 58.6 Å². The average Bonchev–Trinajstić information content (AvgIpc) is 2.28. The third-order valence-electron chi connectivity index (χ3n) is 2.12. The number of rotatable bonds is 3. The van der Waals surface area contributed by atoms with Gasteiger partial charge in [-0.1, -0.05) is 0 Å². The highest BCUT2D eigenvalue weighted by Gasteiger charge is 2.18. The van der Waals surface area contributed by atoms with Crippen molar-refractivity contribution in [3.8, 4) is 0 Å². The van der Waals surface area contributed by atoms with E-state index in [-0.39, 0.29) is 0 Å². The third-order valence-corrected chi connectivity index (χ3v) is 2.49. The van der Waals surface area contributed by atoms with Crippen molar-refractivity contribution in [3.63, 3.8) is 0 Å². The highest BCUT2D eigenvalue weighted by molar-refractivity contribution is 7.32. The maximum atomic E-state index is 10.2. The predicted molar refractivity (Wildman–Crippen MR) is 46.0 cm³/mol. The molecule has 70 valence electrons. The lowest BCUT2D eigenvalue weighted by Gasteiger charge is -2.07. The molecule has 1 saturated heterocycles. The van der Waals surface area contributed by atoms with E-state index in [0.717, 1.165) is 32.4 Å². The van der Waals surface area contributed by atoms with E-state index >= 15 is 0 Å². The van der Waals surface area contributed by atoms with Crippen molar-refractivity contribution in [2.24, 2.45) is 5.92 Å². The average molecular weight is 192 g/mol. The molecule has 2 N–H and O–H groups in total. The second kappa shape index (κ2) is 5.60. The van der Waals surface area contributed by atoms with Crippen molar-refractivity contribution in [3.05, 3.63) is 0 Å². The molecule has 5 heteroatoms. The van der Waals surface area contributed by atoms with Gasteiger partial charge in [0, 0.05) is 4.57 Å². The highest BCUT2D eigenvalue weighted by Crippen LogP contribution is 2.21. The van der Waals surface area contributed by atoms with Crippen LogP contribution in [0.2, 0.25) is 0 Å².